The summed E-state index contributed by atoms with van der Waals surface area (Å²) >= 11 is 0. The van der Waals surface area contributed by atoms with Gasteiger partial charge in [0, 0.05) is 23.5 Å². The Kier molecular flexibility index (Phi) is 4.71. The molecule has 2 rings (SSSR count). The molecule has 110 valence electrons. The van der Waals surface area contributed by atoms with Crippen molar-refractivity contribution in [2.45, 2.75) is 0 Å². The van der Waals surface area contributed by atoms with Crippen LogP contribution in [-0.2, 0) is 4.79 Å². The zero-order valence-electron chi connectivity index (χ0n) is 11.3. The van der Waals surface area contributed by atoms with Gasteiger partial charge in [-0.25, -0.2) is 8.78 Å². The van der Waals surface area contributed by atoms with Gasteiger partial charge in [-0.2, -0.15) is 0 Å². The van der Waals surface area contributed by atoms with Crippen LogP contribution in [0.5, 0.6) is 5.75 Å². The number of methoxy groups -OCH3 is 1. The molecule has 0 bridgehead atoms. The number of ether oxygens (including phenoxy) is 1. The second-order valence-corrected chi connectivity index (χ2v) is 4.29. The van der Waals surface area contributed by atoms with Gasteiger partial charge in [-0.3, -0.25) is 4.79 Å². The SMILES string of the molecule is COc1cccc(NC(=O)CNc2cc(F)cc(F)c2)c1. The molecule has 21 heavy (non-hydrogen) atoms. The predicted octanol–water partition coefficient (Wildman–Crippen LogP) is 3.02. The lowest BCUT2D eigenvalue weighted by atomic mass is 10.3. The van der Waals surface area contributed by atoms with E-state index in [-0.39, 0.29) is 18.1 Å². The molecule has 0 atom stereocenters. The fraction of sp³-hybridized carbons (Fsp3) is 0.133. The fourth-order valence-electron chi connectivity index (χ4n) is 1.74. The van der Waals surface area contributed by atoms with Gasteiger partial charge in [0.15, 0.2) is 0 Å². The molecule has 0 radical (unpaired) electrons. The minimum atomic E-state index is -0.703. The topological polar surface area (TPSA) is 50.4 Å². The Morgan fingerprint density at radius 3 is 2.48 bits per heavy atom. The van der Waals surface area contributed by atoms with Gasteiger partial charge in [-0.15, -0.1) is 0 Å². The maximum atomic E-state index is 13.0. The first-order valence-corrected chi connectivity index (χ1v) is 6.20. The number of hydrogen-bond acceptors (Lipinski definition) is 3. The van der Waals surface area contributed by atoms with Crippen LogP contribution < -0.4 is 15.4 Å². The third-order valence-corrected chi connectivity index (χ3v) is 2.67. The molecule has 0 spiro atoms. The Balaban J connectivity index is 1.92. The van der Waals surface area contributed by atoms with Crippen LogP contribution >= 0.6 is 0 Å². The van der Waals surface area contributed by atoms with Crippen molar-refractivity contribution >= 4 is 17.3 Å². The summed E-state index contributed by atoms with van der Waals surface area (Å²) in [4.78, 5) is 11.8. The molecule has 1 amide bonds. The minimum Gasteiger partial charge on any atom is -0.497 e. The van der Waals surface area contributed by atoms with E-state index in [2.05, 4.69) is 10.6 Å². The fourth-order valence-corrected chi connectivity index (χ4v) is 1.74. The van der Waals surface area contributed by atoms with Gasteiger partial charge in [0.2, 0.25) is 5.91 Å². The predicted molar refractivity (Wildman–Crippen MR) is 76.5 cm³/mol. The van der Waals surface area contributed by atoms with Crippen LogP contribution in [0.4, 0.5) is 20.2 Å². The molecule has 0 heterocycles. The van der Waals surface area contributed by atoms with Gasteiger partial charge in [-0.1, -0.05) is 6.07 Å². The molecule has 2 aromatic carbocycles. The highest BCUT2D eigenvalue weighted by molar-refractivity contribution is 5.93. The zero-order valence-corrected chi connectivity index (χ0v) is 11.3. The van der Waals surface area contributed by atoms with E-state index in [1.165, 1.54) is 7.11 Å². The first-order valence-electron chi connectivity index (χ1n) is 6.20. The number of halogens is 2. The van der Waals surface area contributed by atoms with Gasteiger partial charge in [-0.05, 0) is 24.3 Å². The number of amides is 1. The van der Waals surface area contributed by atoms with Gasteiger partial charge in [0.05, 0.1) is 13.7 Å². The van der Waals surface area contributed by atoms with E-state index < -0.39 is 11.6 Å². The number of anilines is 2. The van der Waals surface area contributed by atoms with E-state index in [0.29, 0.717) is 11.4 Å². The van der Waals surface area contributed by atoms with Crippen LogP contribution in [0, 0.1) is 11.6 Å². The molecule has 4 nitrogen and oxygen atoms in total. The molecule has 0 unspecified atom stereocenters. The Morgan fingerprint density at radius 2 is 1.81 bits per heavy atom. The van der Waals surface area contributed by atoms with E-state index in [4.69, 9.17) is 4.74 Å². The first-order chi connectivity index (χ1) is 10.1. The molecule has 6 heteroatoms. The standard InChI is InChI=1S/C15H14F2N2O2/c1-21-14-4-2-3-12(8-14)19-15(20)9-18-13-6-10(16)5-11(17)7-13/h2-8,18H,9H2,1H3,(H,19,20). The van der Waals surface area contributed by atoms with Crippen molar-refractivity contribution in [3.63, 3.8) is 0 Å². The highest BCUT2D eigenvalue weighted by atomic mass is 19.1. The number of carbonyl (C=O) groups excluding carboxylic acids is 1. The Labute approximate surface area is 120 Å². The number of carbonyl (C=O) groups is 1. The van der Waals surface area contributed by atoms with E-state index in [0.717, 1.165) is 18.2 Å². The third kappa shape index (κ3) is 4.45. The Bertz CT molecular complexity index is 627. The van der Waals surface area contributed by atoms with Crippen molar-refractivity contribution in [3.05, 3.63) is 54.1 Å². The molecule has 0 aliphatic heterocycles. The van der Waals surface area contributed by atoms with Crippen LogP contribution in [0.25, 0.3) is 0 Å². The lowest BCUT2D eigenvalue weighted by molar-refractivity contribution is -0.114. The molecule has 2 aromatic rings. The average Bonchev–Trinajstić information content (AvgIpc) is 2.44. The number of hydrogen-bond donors (Lipinski definition) is 2. The van der Waals surface area contributed by atoms with Crippen molar-refractivity contribution < 1.29 is 18.3 Å². The van der Waals surface area contributed by atoms with Crippen LogP contribution in [-0.4, -0.2) is 19.6 Å². The van der Waals surface area contributed by atoms with E-state index in [9.17, 15) is 13.6 Å². The molecule has 0 saturated carbocycles. The summed E-state index contributed by atoms with van der Waals surface area (Å²) in [6, 6.07) is 9.86. The second-order valence-electron chi connectivity index (χ2n) is 4.29. The minimum absolute atomic E-state index is 0.111. The maximum Gasteiger partial charge on any atom is 0.243 e. The van der Waals surface area contributed by atoms with Gasteiger partial charge in [0.25, 0.3) is 0 Å². The Hall–Kier alpha value is -2.63. The van der Waals surface area contributed by atoms with Crippen LogP contribution in [0.1, 0.15) is 0 Å². The summed E-state index contributed by atoms with van der Waals surface area (Å²) in [5, 5.41) is 5.30. The quantitative estimate of drug-likeness (QED) is 0.890. The van der Waals surface area contributed by atoms with Crippen LogP contribution in [0.15, 0.2) is 42.5 Å². The Morgan fingerprint density at radius 1 is 1.10 bits per heavy atom. The third-order valence-electron chi connectivity index (χ3n) is 2.67. The van der Waals surface area contributed by atoms with E-state index >= 15 is 0 Å². The van der Waals surface area contributed by atoms with Crippen molar-refractivity contribution in [2.75, 3.05) is 24.3 Å². The molecule has 2 N–H and O–H groups in total. The molecular formula is C15H14F2N2O2. The smallest absolute Gasteiger partial charge is 0.243 e. The summed E-state index contributed by atoms with van der Waals surface area (Å²) in [5.41, 5.74) is 0.778. The molecule has 0 aliphatic rings. The lowest BCUT2D eigenvalue weighted by Crippen LogP contribution is -2.21. The van der Waals surface area contributed by atoms with E-state index in [1.54, 1.807) is 24.3 Å². The molecule has 0 aliphatic carbocycles. The largest absolute Gasteiger partial charge is 0.497 e. The van der Waals surface area contributed by atoms with Gasteiger partial charge >= 0.3 is 0 Å². The first kappa shape index (κ1) is 14.8. The molecule has 0 saturated heterocycles. The number of benzene rings is 2. The van der Waals surface area contributed by atoms with E-state index in [1.807, 2.05) is 0 Å². The number of nitrogens with one attached hydrogen (secondary N) is 2. The van der Waals surface area contributed by atoms with Crippen LogP contribution in [0.3, 0.4) is 0 Å². The second kappa shape index (κ2) is 6.69. The van der Waals surface area contributed by atoms with Crippen molar-refractivity contribution in [1.82, 2.24) is 0 Å². The van der Waals surface area contributed by atoms with Crippen molar-refractivity contribution in [2.24, 2.45) is 0 Å². The zero-order chi connectivity index (χ0) is 15.2. The lowest BCUT2D eigenvalue weighted by Gasteiger charge is -2.09. The summed E-state index contributed by atoms with van der Waals surface area (Å²) < 4.78 is 31.0. The highest BCUT2D eigenvalue weighted by Crippen LogP contribution is 2.17. The summed E-state index contributed by atoms with van der Waals surface area (Å²) in [5.74, 6) is -1.13. The van der Waals surface area contributed by atoms with Crippen LogP contribution in [0.2, 0.25) is 0 Å². The van der Waals surface area contributed by atoms with Crippen molar-refractivity contribution in [1.29, 1.82) is 0 Å². The van der Waals surface area contributed by atoms with Gasteiger partial charge < -0.3 is 15.4 Å². The molecule has 0 fully saturated rings. The monoisotopic (exact) mass is 292 g/mol. The normalized spacial score (nSPS) is 10.0. The number of rotatable bonds is 5. The van der Waals surface area contributed by atoms with Crippen molar-refractivity contribution in [3.8, 4) is 5.75 Å². The average molecular weight is 292 g/mol. The summed E-state index contributed by atoms with van der Waals surface area (Å²) in [7, 11) is 1.53. The maximum absolute atomic E-state index is 13.0. The van der Waals surface area contributed by atoms with Gasteiger partial charge in [0.1, 0.15) is 17.4 Å². The highest BCUT2D eigenvalue weighted by Gasteiger charge is 2.05. The summed E-state index contributed by atoms with van der Waals surface area (Å²) in [6.45, 7) is -0.111. The summed E-state index contributed by atoms with van der Waals surface area (Å²) in [6.07, 6.45) is 0. The molecule has 0 aromatic heterocycles. The molecular weight excluding hydrogens is 278 g/mol.